The molecule has 2 heterocycles. The predicted molar refractivity (Wildman–Crippen MR) is 88.1 cm³/mol. The summed E-state index contributed by atoms with van der Waals surface area (Å²) in [6.07, 6.45) is 0.915. The fraction of sp³-hybridized carbons (Fsp3) is 0.278. The number of amides is 1. The number of hydrogen-bond donors (Lipinski definition) is 1. The summed E-state index contributed by atoms with van der Waals surface area (Å²) >= 11 is 0. The molecule has 0 radical (unpaired) electrons. The summed E-state index contributed by atoms with van der Waals surface area (Å²) in [5.41, 5.74) is 3.11. The molecule has 0 bridgehead atoms. The molecule has 23 heavy (non-hydrogen) atoms. The molecule has 0 aliphatic carbocycles. The number of benzene rings is 2. The topological polar surface area (TPSA) is 50.8 Å². The molecular formula is C18H18N2O3. The Labute approximate surface area is 134 Å². The molecule has 4 rings (SSSR count). The molecule has 118 valence electrons. The van der Waals surface area contributed by atoms with E-state index in [-0.39, 0.29) is 18.7 Å². The van der Waals surface area contributed by atoms with Gasteiger partial charge in [-0.2, -0.15) is 0 Å². The van der Waals surface area contributed by atoms with Crippen molar-refractivity contribution in [2.75, 3.05) is 23.6 Å². The summed E-state index contributed by atoms with van der Waals surface area (Å²) in [6, 6.07) is 13.4. The van der Waals surface area contributed by atoms with Crippen LogP contribution in [-0.4, -0.2) is 25.3 Å². The van der Waals surface area contributed by atoms with Crippen molar-refractivity contribution in [3.8, 4) is 11.5 Å². The van der Waals surface area contributed by atoms with Crippen molar-refractivity contribution in [2.45, 2.75) is 19.4 Å². The molecule has 2 aliphatic rings. The Morgan fingerprint density at radius 3 is 2.91 bits per heavy atom. The maximum Gasteiger partial charge on any atom is 0.249 e. The van der Waals surface area contributed by atoms with E-state index >= 15 is 0 Å². The number of para-hydroxylation sites is 1. The van der Waals surface area contributed by atoms with Crippen LogP contribution in [0.4, 0.5) is 11.4 Å². The fourth-order valence-corrected chi connectivity index (χ4v) is 3.10. The van der Waals surface area contributed by atoms with Crippen molar-refractivity contribution in [3.63, 3.8) is 0 Å². The standard InChI is InChI=1S/C18H18N2O3/c1-12(19-14-6-7-16-17(10-14)23-11-22-16)18(21)20-9-8-13-4-2-3-5-15(13)20/h2-7,10,12,19H,8-9,11H2,1H3/t12-/m0/s1. The van der Waals surface area contributed by atoms with E-state index in [2.05, 4.69) is 11.4 Å². The van der Waals surface area contributed by atoms with E-state index in [4.69, 9.17) is 9.47 Å². The number of anilines is 2. The van der Waals surface area contributed by atoms with E-state index in [1.807, 2.05) is 48.2 Å². The van der Waals surface area contributed by atoms with Gasteiger partial charge >= 0.3 is 0 Å². The number of carbonyl (C=O) groups excluding carboxylic acids is 1. The van der Waals surface area contributed by atoms with Crippen LogP contribution in [0.25, 0.3) is 0 Å². The summed E-state index contributed by atoms with van der Waals surface area (Å²) in [6.45, 7) is 2.87. The number of ether oxygens (including phenoxy) is 2. The van der Waals surface area contributed by atoms with Gasteiger partial charge in [0, 0.05) is 24.0 Å². The Morgan fingerprint density at radius 1 is 1.17 bits per heavy atom. The highest BCUT2D eigenvalue weighted by molar-refractivity contribution is 6.00. The molecule has 2 aromatic rings. The molecule has 2 aromatic carbocycles. The predicted octanol–water partition coefficient (Wildman–Crippen LogP) is 2.81. The second kappa shape index (κ2) is 5.50. The summed E-state index contributed by atoms with van der Waals surface area (Å²) in [4.78, 5) is 14.6. The van der Waals surface area contributed by atoms with Crippen LogP contribution in [0.3, 0.4) is 0 Å². The van der Waals surface area contributed by atoms with E-state index in [0.717, 1.165) is 30.1 Å². The molecule has 5 nitrogen and oxygen atoms in total. The minimum absolute atomic E-state index is 0.0765. The number of nitrogens with zero attached hydrogens (tertiary/aromatic N) is 1. The van der Waals surface area contributed by atoms with Crippen LogP contribution in [-0.2, 0) is 11.2 Å². The third-order valence-corrected chi connectivity index (χ3v) is 4.28. The van der Waals surface area contributed by atoms with Crippen LogP contribution >= 0.6 is 0 Å². The van der Waals surface area contributed by atoms with Gasteiger partial charge in [-0.3, -0.25) is 4.79 Å². The first-order chi connectivity index (χ1) is 11.2. The minimum atomic E-state index is -0.318. The molecule has 0 unspecified atom stereocenters. The largest absolute Gasteiger partial charge is 0.454 e. The molecule has 0 aromatic heterocycles. The van der Waals surface area contributed by atoms with Gasteiger partial charge in [0.15, 0.2) is 11.5 Å². The lowest BCUT2D eigenvalue weighted by atomic mass is 10.2. The monoisotopic (exact) mass is 310 g/mol. The molecule has 0 spiro atoms. The molecule has 1 atom stereocenters. The van der Waals surface area contributed by atoms with Crippen molar-refractivity contribution in [3.05, 3.63) is 48.0 Å². The van der Waals surface area contributed by atoms with Crippen LogP contribution < -0.4 is 19.7 Å². The number of nitrogens with one attached hydrogen (secondary N) is 1. The zero-order valence-electron chi connectivity index (χ0n) is 12.9. The molecule has 0 fully saturated rings. The van der Waals surface area contributed by atoms with Crippen molar-refractivity contribution in [1.29, 1.82) is 0 Å². The van der Waals surface area contributed by atoms with Crippen LogP contribution in [0, 0.1) is 0 Å². The SMILES string of the molecule is C[C@H](Nc1ccc2c(c1)OCO2)C(=O)N1CCc2ccccc21. The molecule has 0 saturated carbocycles. The average molecular weight is 310 g/mol. The van der Waals surface area contributed by atoms with Gasteiger partial charge in [-0.1, -0.05) is 18.2 Å². The number of carbonyl (C=O) groups is 1. The van der Waals surface area contributed by atoms with E-state index in [9.17, 15) is 4.79 Å². The van der Waals surface area contributed by atoms with Crippen molar-refractivity contribution in [2.24, 2.45) is 0 Å². The Hall–Kier alpha value is -2.69. The van der Waals surface area contributed by atoms with Crippen molar-refractivity contribution < 1.29 is 14.3 Å². The van der Waals surface area contributed by atoms with Gasteiger partial charge in [0.1, 0.15) is 6.04 Å². The van der Waals surface area contributed by atoms with Crippen molar-refractivity contribution in [1.82, 2.24) is 0 Å². The molecular weight excluding hydrogens is 292 g/mol. The van der Waals surface area contributed by atoms with Crippen LogP contribution in [0.15, 0.2) is 42.5 Å². The molecule has 1 N–H and O–H groups in total. The van der Waals surface area contributed by atoms with E-state index in [1.165, 1.54) is 5.56 Å². The lowest BCUT2D eigenvalue weighted by molar-refractivity contribution is -0.118. The summed E-state index contributed by atoms with van der Waals surface area (Å²) in [5.74, 6) is 1.52. The van der Waals surface area contributed by atoms with E-state index in [1.54, 1.807) is 0 Å². The summed E-state index contributed by atoms with van der Waals surface area (Å²) in [5, 5.41) is 3.25. The van der Waals surface area contributed by atoms with Crippen LogP contribution in [0.1, 0.15) is 12.5 Å². The van der Waals surface area contributed by atoms with Gasteiger partial charge in [0.25, 0.3) is 0 Å². The number of fused-ring (bicyclic) bond motifs is 2. The Bertz CT molecular complexity index is 760. The first kappa shape index (κ1) is 13.9. The first-order valence-electron chi connectivity index (χ1n) is 7.78. The number of hydrogen-bond acceptors (Lipinski definition) is 4. The Balaban J connectivity index is 1.49. The Kier molecular flexibility index (Phi) is 3.33. The number of rotatable bonds is 3. The minimum Gasteiger partial charge on any atom is -0.454 e. The highest BCUT2D eigenvalue weighted by Gasteiger charge is 2.27. The highest BCUT2D eigenvalue weighted by atomic mass is 16.7. The molecule has 1 amide bonds. The summed E-state index contributed by atoms with van der Waals surface area (Å²) in [7, 11) is 0. The van der Waals surface area contributed by atoms with Gasteiger partial charge in [0.05, 0.1) is 0 Å². The molecule has 5 heteroatoms. The smallest absolute Gasteiger partial charge is 0.249 e. The molecule has 0 saturated heterocycles. The first-order valence-corrected chi connectivity index (χ1v) is 7.78. The van der Waals surface area contributed by atoms with Crippen LogP contribution in [0.2, 0.25) is 0 Å². The third kappa shape index (κ3) is 2.48. The normalized spacial score (nSPS) is 16.1. The van der Waals surface area contributed by atoms with Gasteiger partial charge in [-0.25, -0.2) is 0 Å². The average Bonchev–Trinajstić information content (AvgIpc) is 3.20. The lowest BCUT2D eigenvalue weighted by Gasteiger charge is -2.23. The lowest BCUT2D eigenvalue weighted by Crippen LogP contribution is -2.40. The second-order valence-electron chi connectivity index (χ2n) is 5.80. The van der Waals surface area contributed by atoms with Crippen LogP contribution in [0.5, 0.6) is 11.5 Å². The Morgan fingerprint density at radius 2 is 2.00 bits per heavy atom. The van der Waals surface area contributed by atoms with Gasteiger partial charge in [-0.05, 0) is 37.1 Å². The second-order valence-corrected chi connectivity index (χ2v) is 5.80. The maximum atomic E-state index is 12.8. The van der Waals surface area contributed by atoms with Crippen molar-refractivity contribution >= 4 is 17.3 Å². The van der Waals surface area contributed by atoms with Gasteiger partial charge < -0.3 is 19.7 Å². The quantitative estimate of drug-likeness (QED) is 0.947. The maximum absolute atomic E-state index is 12.8. The van der Waals surface area contributed by atoms with E-state index in [0.29, 0.717) is 5.75 Å². The van der Waals surface area contributed by atoms with E-state index < -0.39 is 0 Å². The third-order valence-electron chi connectivity index (χ3n) is 4.28. The van der Waals surface area contributed by atoms with Gasteiger partial charge in [-0.15, -0.1) is 0 Å². The van der Waals surface area contributed by atoms with Gasteiger partial charge in [0.2, 0.25) is 12.7 Å². The zero-order valence-corrected chi connectivity index (χ0v) is 12.9. The fourth-order valence-electron chi connectivity index (χ4n) is 3.10. The molecule has 2 aliphatic heterocycles. The summed E-state index contributed by atoms with van der Waals surface area (Å²) < 4.78 is 10.7. The highest BCUT2D eigenvalue weighted by Crippen LogP contribution is 2.34. The zero-order chi connectivity index (χ0) is 15.8.